The molecule has 3 heteroatoms. The average Bonchev–Trinajstić information content (AvgIpc) is 2.27. The van der Waals surface area contributed by atoms with E-state index in [-0.39, 0.29) is 0 Å². The van der Waals surface area contributed by atoms with Gasteiger partial charge in [-0.3, -0.25) is 0 Å². The van der Waals surface area contributed by atoms with E-state index in [9.17, 15) is 0 Å². The van der Waals surface area contributed by atoms with Gasteiger partial charge in [0.05, 0.1) is 5.69 Å². The smallest absolute Gasteiger partial charge is 0.125 e. The Morgan fingerprint density at radius 1 is 1.18 bits per heavy atom. The largest absolute Gasteiger partial charge is 0.308 e. The molecule has 2 rings (SSSR count). The Balaban J connectivity index is 1.79. The molecular weight excluding hydrogens is 210 g/mol. The molecule has 94 valence electrons. The third kappa shape index (κ3) is 4.43. The van der Waals surface area contributed by atoms with Gasteiger partial charge in [0, 0.05) is 18.8 Å². The Morgan fingerprint density at radius 3 is 2.59 bits per heavy atom. The van der Waals surface area contributed by atoms with Crippen LogP contribution in [0, 0.1) is 6.92 Å². The SMILES string of the molecule is Cc1nccc(CNC2CCCCCCC2)n1. The number of aromatic nitrogens is 2. The fourth-order valence-electron chi connectivity index (χ4n) is 2.51. The number of nitrogens with one attached hydrogen (secondary N) is 1. The summed E-state index contributed by atoms with van der Waals surface area (Å²) >= 11 is 0. The maximum Gasteiger partial charge on any atom is 0.125 e. The molecule has 0 saturated heterocycles. The molecule has 1 N–H and O–H groups in total. The Morgan fingerprint density at radius 2 is 1.88 bits per heavy atom. The molecule has 0 atom stereocenters. The van der Waals surface area contributed by atoms with E-state index >= 15 is 0 Å². The fourth-order valence-corrected chi connectivity index (χ4v) is 2.51. The lowest BCUT2D eigenvalue weighted by molar-refractivity contribution is 0.387. The zero-order chi connectivity index (χ0) is 11.9. The second-order valence-electron chi connectivity index (χ2n) is 5.02. The van der Waals surface area contributed by atoms with E-state index in [1.54, 1.807) is 0 Å². The molecule has 0 aromatic carbocycles. The molecule has 0 spiro atoms. The molecule has 0 radical (unpaired) electrons. The zero-order valence-electron chi connectivity index (χ0n) is 10.8. The summed E-state index contributed by atoms with van der Waals surface area (Å²) in [5.41, 5.74) is 1.11. The van der Waals surface area contributed by atoms with E-state index in [4.69, 9.17) is 0 Å². The van der Waals surface area contributed by atoms with Crippen LogP contribution >= 0.6 is 0 Å². The van der Waals surface area contributed by atoms with E-state index in [0.29, 0.717) is 6.04 Å². The molecule has 17 heavy (non-hydrogen) atoms. The summed E-state index contributed by atoms with van der Waals surface area (Å²) < 4.78 is 0. The first-order chi connectivity index (χ1) is 8.34. The molecule has 0 bridgehead atoms. The summed E-state index contributed by atoms with van der Waals surface area (Å²) in [6.07, 6.45) is 11.5. The second kappa shape index (κ2) is 6.70. The van der Waals surface area contributed by atoms with Gasteiger partial charge in [-0.1, -0.05) is 32.1 Å². The summed E-state index contributed by atoms with van der Waals surface area (Å²) in [7, 11) is 0. The first-order valence-electron chi connectivity index (χ1n) is 6.86. The highest BCUT2D eigenvalue weighted by atomic mass is 14.9. The predicted molar refractivity (Wildman–Crippen MR) is 69.7 cm³/mol. The van der Waals surface area contributed by atoms with Crippen LogP contribution in [0.4, 0.5) is 0 Å². The van der Waals surface area contributed by atoms with Gasteiger partial charge in [0.15, 0.2) is 0 Å². The number of hydrogen-bond acceptors (Lipinski definition) is 3. The van der Waals surface area contributed by atoms with Gasteiger partial charge in [0.25, 0.3) is 0 Å². The van der Waals surface area contributed by atoms with E-state index in [1.807, 2.05) is 19.2 Å². The lowest BCUT2D eigenvalue weighted by Gasteiger charge is -2.20. The van der Waals surface area contributed by atoms with E-state index in [0.717, 1.165) is 18.1 Å². The second-order valence-corrected chi connectivity index (χ2v) is 5.02. The third-order valence-corrected chi connectivity index (χ3v) is 3.51. The summed E-state index contributed by atoms with van der Waals surface area (Å²) in [4.78, 5) is 8.55. The van der Waals surface area contributed by atoms with Gasteiger partial charge in [-0.15, -0.1) is 0 Å². The molecule has 1 aliphatic rings. The van der Waals surface area contributed by atoms with Crippen LogP contribution in [0.25, 0.3) is 0 Å². The maximum absolute atomic E-state index is 4.43. The Hall–Kier alpha value is -0.960. The van der Waals surface area contributed by atoms with Crippen LogP contribution in [-0.2, 0) is 6.54 Å². The molecule has 1 aromatic heterocycles. The normalized spacial score (nSPS) is 18.6. The van der Waals surface area contributed by atoms with Gasteiger partial charge < -0.3 is 5.32 Å². The van der Waals surface area contributed by atoms with Crippen LogP contribution in [0.3, 0.4) is 0 Å². The Bertz CT molecular complexity index is 330. The van der Waals surface area contributed by atoms with Crippen LogP contribution in [0.2, 0.25) is 0 Å². The molecule has 0 amide bonds. The number of hydrogen-bond donors (Lipinski definition) is 1. The van der Waals surface area contributed by atoms with E-state index in [1.165, 1.54) is 44.9 Å². The topological polar surface area (TPSA) is 37.8 Å². The third-order valence-electron chi connectivity index (χ3n) is 3.51. The van der Waals surface area contributed by atoms with Gasteiger partial charge in [0.2, 0.25) is 0 Å². The molecule has 0 unspecified atom stereocenters. The van der Waals surface area contributed by atoms with E-state index in [2.05, 4.69) is 15.3 Å². The van der Waals surface area contributed by atoms with Crippen molar-refractivity contribution in [1.82, 2.24) is 15.3 Å². The molecule has 0 aliphatic heterocycles. The predicted octanol–water partition coefficient (Wildman–Crippen LogP) is 2.99. The van der Waals surface area contributed by atoms with Crippen molar-refractivity contribution in [1.29, 1.82) is 0 Å². The van der Waals surface area contributed by atoms with Crippen molar-refractivity contribution in [3.05, 3.63) is 23.8 Å². The molecule has 3 nitrogen and oxygen atoms in total. The minimum atomic E-state index is 0.686. The molecule has 1 aliphatic carbocycles. The van der Waals surface area contributed by atoms with Crippen molar-refractivity contribution < 1.29 is 0 Å². The van der Waals surface area contributed by atoms with E-state index < -0.39 is 0 Å². The molecular formula is C14H23N3. The quantitative estimate of drug-likeness (QED) is 0.872. The summed E-state index contributed by atoms with van der Waals surface area (Å²) in [5.74, 6) is 0.863. The van der Waals surface area contributed by atoms with Crippen molar-refractivity contribution in [2.75, 3.05) is 0 Å². The van der Waals surface area contributed by atoms with Crippen molar-refractivity contribution in [3.63, 3.8) is 0 Å². The molecule has 1 saturated carbocycles. The van der Waals surface area contributed by atoms with Gasteiger partial charge in [-0.25, -0.2) is 9.97 Å². The molecule has 1 heterocycles. The first kappa shape index (κ1) is 12.5. The molecule has 1 aromatic rings. The zero-order valence-corrected chi connectivity index (χ0v) is 10.8. The average molecular weight is 233 g/mol. The van der Waals surface area contributed by atoms with Gasteiger partial charge in [0.1, 0.15) is 5.82 Å². The highest BCUT2D eigenvalue weighted by Crippen LogP contribution is 2.17. The standard InChI is InChI=1S/C14H23N3/c1-12-15-10-9-14(17-12)11-16-13-7-5-3-2-4-6-8-13/h9-10,13,16H,2-8,11H2,1H3. The van der Waals surface area contributed by atoms with Crippen molar-refractivity contribution in [2.45, 2.75) is 64.5 Å². The molecule has 1 fully saturated rings. The summed E-state index contributed by atoms with van der Waals surface area (Å²) in [6, 6.07) is 2.69. The maximum atomic E-state index is 4.43. The lowest BCUT2D eigenvalue weighted by Crippen LogP contribution is -2.29. The Kier molecular flexibility index (Phi) is 4.92. The van der Waals surface area contributed by atoms with Crippen LogP contribution in [0.1, 0.15) is 56.5 Å². The Labute approximate surface area is 104 Å². The summed E-state index contributed by atoms with van der Waals surface area (Å²) in [5, 5.41) is 3.64. The van der Waals surface area contributed by atoms with Gasteiger partial charge in [-0.05, 0) is 25.8 Å². The highest BCUT2D eigenvalue weighted by molar-refractivity contribution is 5.01. The van der Waals surface area contributed by atoms with Crippen molar-refractivity contribution in [2.24, 2.45) is 0 Å². The number of aryl methyl sites for hydroxylation is 1. The van der Waals surface area contributed by atoms with Crippen LogP contribution in [0.15, 0.2) is 12.3 Å². The fraction of sp³-hybridized carbons (Fsp3) is 0.714. The van der Waals surface area contributed by atoms with Crippen molar-refractivity contribution in [3.8, 4) is 0 Å². The van der Waals surface area contributed by atoms with Crippen LogP contribution in [0.5, 0.6) is 0 Å². The minimum absolute atomic E-state index is 0.686. The lowest BCUT2D eigenvalue weighted by atomic mass is 9.97. The number of nitrogens with zero attached hydrogens (tertiary/aromatic N) is 2. The van der Waals surface area contributed by atoms with Gasteiger partial charge in [-0.2, -0.15) is 0 Å². The first-order valence-corrected chi connectivity index (χ1v) is 6.86. The monoisotopic (exact) mass is 233 g/mol. The highest BCUT2D eigenvalue weighted by Gasteiger charge is 2.10. The van der Waals surface area contributed by atoms with Gasteiger partial charge >= 0.3 is 0 Å². The van der Waals surface area contributed by atoms with Crippen LogP contribution in [-0.4, -0.2) is 16.0 Å². The van der Waals surface area contributed by atoms with Crippen molar-refractivity contribution >= 4 is 0 Å². The summed E-state index contributed by atoms with van der Waals surface area (Å²) in [6.45, 7) is 2.83. The van der Waals surface area contributed by atoms with Crippen LogP contribution < -0.4 is 5.32 Å². The number of rotatable bonds is 3. The minimum Gasteiger partial charge on any atom is -0.308 e.